The Morgan fingerprint density at radius 1 is 1.36 bits per heavy atom. The van der Waals surface area contributed by atoms with Crippen LogP contribution < -0.4 is 5.32 Å². The summed E-state index contributed by atoms with van der Waals surface area (Å²) in [6.07, 6.45) is 2.99. The van der Waals surface area contributed by atoms with E-state index >= 15 is 0 Å². The van der Waals surface area contributed by atoms with Gasteiger partial charge in [0, 0.05) is 6.54 Å². The molecule has 76 valence electrons. The first-order chi connectivity index (χ1) is 6.74. The third-order valence-corrected chi connectivity index (χ3v) is 2.36. The topological polar surface area (TPSA) is 12.0 Å². The number of nitrogens with one attached hydrogen (secondary N) is 1. The Balaban J connectivity index is 2.46. The fraction of sp³-hybridized carbons (Fsp3) is 0.385. The molecule has 0 fully saturated rings. The quantitative estimate of drug-likeness (QED) is 0.554. The summed E-state index contributed by atoms with van der Waals surface area (Å²) in [4.78, 5) is 0. The second kappa shape index (κ2) is 5.61. The highest BCUT2D eigenvalue weighted by Gasteiger charge is 1.97. The van der Waals surface area contributed by atoms with Crippen LogP contribution in [0.4, 0.5) is 0 Å². The van der Waals surface area contributed by atoms with E-state index in [0.29, 0.717) is 0 Å². The second-order valence-corrected chi connectivity index (χ2v) is 3.67. The molecule has 0 radical (unpaired) electrons. The van der Waals surface area contributed by atoms with E-state index in [1.54, 1.807) is 0 Å². The van der Waals surface area contributed by atoms with Gasteiger partial charge in [-0.3, -0.25) is 0 Å². The predicted molar refractivity (Wildman–Crippen MR) is 62.7 cm³/mol. The largest absolute Gasteiger partial charge is 0.313 e. The number of hydrogen-bond acceptors (Lipinski definition) is 1. The average Bonchev–Trinajstić information content (AvgIpc) is 2.15. The zero-order valence-corrected chi connectivity index (χ0v) is 9.14. The van der Waals surface area contributed by atoms with Crippen LogP contribution in [0.15, 0.2) is 30.9 Å². The van der Waals surface area contributed by atoms with Crippen molar-refractivity contribution in [3.05, 3.63) is 47.5 Å². The van der Waals surface area contributed by atoms with Crippen molar-refractivity contribution in [3.8, 4) is 0 Å². The van der Waals surface area contributed by atoms with Gasteiger partial charge >= 0.3 is 0 Å². The highest BCUT2D eigenvalue weighted by molar-refractivity contribution is 5.30. The van der Waals surface area contributed by atoms with E-state index in [1.807, 2.05) is 6.08 Å². The molecular formula is C13H19N. The number of benzene rings is 1. The van der Waals surface area contributed by atoms with E-state index in [4.69, 9.17) is 0 Å². The molecule has 0 bridgehead atoms. The molecule has 0 amide bonds. The molecule has 1 rings (SSSR count). The third kappa shape index (κ3) is 3.35. The molecule has 14 heavy (non-hydrogen) atoms. The minimum absolute atomic E-state index is 0.894. The summed E-state index contributed by atoms with van der Waals surface area (Å²) in [6, 6.07) is 6.64. The summed E-state index contributed by atoms with van der Waals surface area (Å²) in [5, 5.41) is 3.31. The summed E-state index contributed by atoms with van der Waals surface area (Å²) < 4.78 is 0. The molecule has 1 aromatic rings. The molecule has 0 atom stereocenters. The molecule has 0 spiro atoms. The molecule has 0 aliphatic carbocycles. The molecule has 0 aliphatic rings. The first-order valence-electron chi connectivity index (χ1n) is 5.12. The highest BCUT2D eigenvalue weighted by atomic mass is 14.8. The van der Waals surface area contributed by atoms with Crippen LogP contribution >= 0.6 is 0 Å². The van der Waals surface area contributed by atoms with Gasteiger partial charge in [0.1, 0.15) is 0 Å². The standard InChI is InChI=1S/C13H19N/c1-4-8-14-9-7-13-6-5-11(2)10-12(13)3/h4-6,10,14H,1,7-9H2,2-3H3. The van der Waals surface area contributed by atoms with Gasteiger partial charge in [-0.05, 0) is 37.9 Å². The van der Waals surface area contributed by atoms with Gasteiger partial charge < -0.3 is 5.32 Å². The van der Waals surface area contributed by atoms with E-state index in [0.717, 1.165) is 19.5 Å². The highest BCUT2D eigenvalue weighted by Crippen LogP contribution is 2.10. The van der Waals surface area contributed by atoms with Crippen LogP contribution in [0.5, 0.6) is 0 Å². The number of aryl methyl sites for hydroxylation is 2. The zero-order valence-electron chi connectivity index (χ0n) is 9.14. The van der Waals surface area contributed by atoms with Crippen molar-refractivity contribution in [1.29, 1.82) is 0 Å². The van der Waals surface area contributed by atoms with Gasteiger partial charge in [0.05, 0.1) is 0 Å². The smallest absolute Gasteiger partial charge is 0.0132 e. The van der Waals surface area contributed by atoms with Crippen LogP contribution in [-0.2, 0) is 6.42 Å². The van der Waals surface area contributed by atoms with Gasteiger partial charge in [-0.25, -0.2) is 0 Å². The van der Waals surface area contributed by atoms with Gasteiger partial charge in [0.2, 0.25) is 0 Å². The van der Waals surface area contributed by atoms with E-state index in [-0.39, 0.29) is 0 Å². The normalized spacial score (nSPS) is 10.1. The molecule has 1 N–H and O–H groups in total. The van der Waals surface area contributed by atoms with Crippen molar-refractivity contribution >= 4 is 0 Å². The molecule has 0 saturated carbocycles. The molecule has 1 nitrogen and oxygen atoms in total. The summed E-state index contributed by atoms with van der Waals surface area (Å²) >= 11 is 0. The Morgan fingerprint density at radius 2 is 2.14 bits per heavy atom. The first-order valence-corrected chi connectivity index (χ1v) is 5.12. The maximum absolute atomic E-state index is 3.67. The Bertz CT molecular complexity index is 302. The van der Waals surface area contributed by atoms with Crippen LogP contribution in [0.25, 0.3) is 0 Å². The van der Waals surface area contributed by atoms with Gasteiger partial charge in [-0.15, -0.1) is 6.58 Å². The average molecular weight is 189 g/mol. The Morgan fingerprint density at radius 3 is 2.79 bits per heavy atom. The van der Waals surface area contributed by atoms with E-state index in [2.05, 4.69) is 43.9 Å². The molecular weight excluding hydrogens is 170 g/mol. The van der Waals surface area contributed by atoms with E-state index in [9.17, 15) is 0 Å². The fourth-order valence-electron chi connectivity index (χ4n) is 1.55. The van der Waals surface area contributed by atoms with Crippen LogP contribution in [0.3, 0.4) is 0 Å². The maximum atomic E-state index is 3.67. The van der Waals surface area contributed by atoms with Crippen molar-refractivity contribution in [3.63, 3.8) is 0 Å². The Kier molecular flexibility index (Phi) is 4.41. The predicted octanol–water partition coefficient (Wildman–Crippen LogP) is 2.62. The van der Waals surface area contributed by atoms with Gasteiger partial charge in [-0.2, -0.15) is 0 Å². The minimum atomic E-state index is 0.894. The zero-order chi connectivity index (χ0) is 10.4. The van der Waals surface area contributed by atoms with Crippen LogP contribution in [0.1, 0.15) is 16.7 Å². The lowest BCUT2D eigenvalue weighted by atomic mass is 10.0. The van der Waals surface area contributed by atoms with Crippen molar-refractivity contribution in [1.82, 2.24) is 5.32 Å². The fourth-order valence-corrected chi connectivity index (χ4v) is 1.55. The van der Waals surface area contributed by atoms with Gasteiger partial charge in [0.25, 0.3) is 0 Å². The van der Waals surface area contributed by atoms with Crippen molar-refractivity contribution in [2.75, 3.05) is 13.1 Å². The molecule has 1 heteroatoms. The molecule has 0 aliphatic heterocycles. The molecule has 1 aromatic carbocycles. The Labute approximate surface area is 86.8 Å². The first kappa shape index (κ1) is 11.0. The maximum Gasteiger partial charge on any atom is 0.0132 e. The van der Waals surface area contributed by atoms with E-state index < -0.39 is 0 Å². The second-order valence-electron chi connectivity index (χ2n) is 3.67. The molecule has 0 unspecified atom stereocenters. The lowest BCUT2D eigenvalue weighted by Gasteiger charge is -2.06. The monoisotopic (exact) mass is 189 g/mol. The van der Waals surface area contributed by atoms with Crippen LogP contribution in [0.2, 0.25) is 0 Å². The lowest BCUT2D eigenvalue weighted by Crippen LogP contribution is -2.17. The number of rotatable bonds is 5. The van der Waals surface area contributed by atoms with Crippen LogP contribution in [-0.4, -0.2) is 13.1 Å². The third-order valence-electron chi connectivity index (χ3n) is 2.36. The van der Waals surface area contributed by atoms with Crippen LogP contribution in [0, 0.1) is 13.8 Å². The van der Waals surface area contributed by atoms with Crippen molar-refractivity contribution < 1.29 is 0 Å². The Hall–Kier alpha value is -1.08. The molecule has 0 saturated heterocycles. The van der Waals surface area contributed by atoms with Crippen molar-refractivity contribution in [2.45, 2.75) is 20.3 Å². The number of hydrogen-bond donors (Lipinski definition) is 1. The molecule has 0 heterocycles. The van der Waals surface area contributed by atoms with Crippen molar-refractivity contribution in [2.24, 2.45) is 0 Å². The summed E-state index contributed by atoms with van der Waals surface area (Å²) in [6.45, 7) is 9.90. The summed E-state index contributed by atoms with van der Waals surface area (Å²) in [5.74, 6) is 0. The minimum Gasteiger partial charge on any atom is -0.313 e. The van der Waals surface area contributed by atoms with Gasteiger partial charge in [0.15, 0.2) is 0 Å². The summed E-state index contributed by atoms with van der Waals surface area (Å²) in [5.41, 5.74) is 4.17. The van der Waals surface area contributed by atoms with Gasteiger partial charge in [-0.1, -0.05) is 29.8 Å². The van der Waals surface area contributed by atoms with E-state index in [1.165, 1.54) is 16.7 Å². The SMILES string of the molecule is C=CCNCCc1ccc(C)cc1C. The molecule has 0 aromatic heterocycles. The lowest BCUT2D eigenvalue weighted by molar-refractivity contribution is 0.743. The summed E-state index contributed by atoms with van der Waals surface area (Å²) in [7, 11) is 0.